The van der Waals surface area contributed by atoms with E-state index in [-0.39, 0.29) is 23.9 Å². The average molecular weight is 584 g/mol. The molecule has 3 aliphatic rings. The summed E-state index contributed by atoms with van der Waals surface area (Å²) in [6.07, 6.45) is 1.49. The molecule has 1 aromatic carbocycles. The average Bonchev–Trinajstić information content (AvgIpc) is 3.66. The molecule has 0 unspecified atom stereocenters. The minimum atomic E-state index is -0.835. The first-order chi connectivity index (χ1) is 19.4. The SMILES string of the molecule is CCOC(=O)c1ccc(N2C(=O)[C@H]3[C@H](c4ccco4)c4sc(=O)n(CC(=O)N5CCOCC5)c4S[C@H]3C2=O)cc1. The Kier molecular flexibility index (Phi) is 7.11. The van der Waals surface area contributed by atoms with Crippen molar-refractivity contribution < 1.29 is 33.1 Å². The maximum absolute atomic E-state index is 13.9. The lowest BCUT2D eigenvalue weighted by Gasteiger charge is -2.30. The second-order valence-corrected chi connectivity index (χ2v) is 11.6. The third-order valence-electron chi connectivity index (χ3n) is 7.19. The number of nitrogens with zero attached hydrogens (tertiary/aromatic N) is 3. The molecule has 2 fully saturated rings. The van der Waals surface area contributed by atoms with Crippen LogP contribution in [0.2, 0.25) is 0 Å². The van der Waals surface area contributed by atoms with Crippen molar-refractivity contribution in [3.63, 3.8) is 0 Å². The number of thiazole rings is 1. The maximum atomic E-state index is 13.9. The van der Waals surface area contributed by atoms with Gasteiger partial charge in [0.1, 0.15) is 17.6 Å². The van der Waals surface area contributed by atoms with Gasteiger partial charge in [0.25, 0.3) is 0 Å². The van der Waals surface area contributed by atoms with E-state index in [1.807, 2.05) is 0 Å². The number of amides is 3. The summed E-state index contributed by atoms with van der Waals surface area (Å²) in [5.74, 6) is -2.59. The lowest BCUT2D eigenvalue weighted by Crippen LogP contribution is -2.43. The molecule has 3 aliphatic heterocycles. The van der Waals surface area contributed by atoms with Crippen molar-refractivity contribution in [2.75, 3.05) is 37.8 Å². The van der Waals surface area contributed by atoms with E-state index in [0.717, 1.165) is 28.0 Å². The van der Waals surface area contributed by atoms with Crippen LogP contribution in [0.3, 0.4) is 0 Å². The van der Waals surface area contributed by atoms with Crippen molar-refractivity contribution in [2.24, 2.45) is 5.92 Å². The topological polar surface area (TPSA) is 128 Å². The second-order valence-electron chi connectivity index (χ2n) is 9.45. The number of furan rings is 1. The Morgan fingerprint density at radius 2 is 1.80 bits per heavy atom. The van der Waals surface area contributed by atoms with Gasteiger partial charge in [0.15, 0.2) is 0 Å². The van der Waals surface area contributed by atoms with E-state index in [4.69, 9.17) is 13.9 Å². The normalized spacial score (nSPS) is 22.3. The molecular formula is C27H25N3O8S2. The van der Waals surface area contributed by atoms with Gasteiger partial charge >= 0.3 is 10.8 Å². The number of thioether (sulfide) groups is 1. The van der Waals surface area contributed by atoms with Crippen LogP contribution in [0, 0.1) is 5.92 Å². The van der Waals surface area contributed by atoms with Crippen LogP contribution in [0.5, 0.6) is 0 Å². The molecule has 0 spiro atoms. The number of hydrogen-bond acceptors (Lipinski definition) is 10. The smallest absolute Gasteiger partial charge is 0.338 e. The van der Waals surface area contributed by atoms with Crippen LogP contribution in [0.4, 0.5) is 5.69 Å². The molecule has 2 aromatic heterocycles. The summed E-state index contributed by atoms with van der Waals surface area (Å²) >= 11 is 2.11. The van der Waals surface area contributed by atoms with E-state index in [2.05, 4.69) is 0 Å². The number of imide groups is 1. The van der Waals surface area contributed by atoms with Gasteiger partial charge in [-0.05, 0) is 43.3 Å². The monoisotopic (exact) mass is 583 g/mol. The molecule has 3 aromatic rings. The first-order valence-electron chi connectivity index (χ1n) is 12.8. The minimum absolute atomic E-state index is 0.166. The Hall–Kier alpha value is -3.68. The van der Waals surface area contributed by atoms with E-state index in [1.165, 1.54) is 23.0 Å². The Balaban J connectivity index is 1.36. The molecule has 40 heavy (non-hydrogen) atoms. The van der Waals surface area contributed by atoms with Crippen LogP contribution in [0.25, 0.3) is 0 Å². The Morgan fingerprint density at radius 3 is 2.48 bits per heavy atom. The summed E-state index contributed by atoms with van der Waals surface area (Å²) in [5.41, 5.74) is 0.639. The van der Waals surface area contributed by atoms with Crippen LogP contribution in [0.1, 0.15) is 33.8 Å². The number of ether oxygens (including phenoxy) is 2. The number of carbonyl (C=O) groups is 4. The van der Waals surface area contributed by atoms with Crippen molar-refractivity contribution in [3.05, 3.63) is 68.5 Å². The molecule has 11 nitrogen and oxygen atoms in total. The van der Waals surface area contributed by atoms with Crippen molar-refractivity contribution in [3.8, 4) is 0 Å². The summed E-state index contributed by atoms with van der Waals surface area (Å²) in [6.45, 7) is 3.54. The highest BCUT2D eigenvalue weighted by Crippen LogP contribution is 2.53. The van der Waals surface area contributed by atoms with Crippen LogP contribution < -0.4 is 9.77 Å². The Morgan fingerprint density at radius 1 is 1.05 bits per heavy atom. The Labute approximate surface area is 236 Å². The van der Waals surface area contributed by atoms with Gasteiger partial charge in [-0.2, -0.15) is 0 Å². The van der Waals surface area contributed by atoms with E-state index in [9.17, 15) is 24.0 Å². The minimum Gasteiger partial charge on any atom is -0.469 e. The number of aromatic nitrogens is 1. The van der Waals surface area contributed by atoms with Gasteiger partial charge < -0.3 is 18.8 Å². The molecule has 13 heteroatoms. The standard InChI is InChI=1S/C27H25N3O8S2/c1-2-37-26(34)15-5-7-16(8-6-15)30-23(32)20-19(17-4-3-11-38-17)22-25(39-21(20)24(30)33)29(27(35)40-22)14-18(31)28-9-12-36-13-10-28/h3-8,11,19-21H,2,9-10,12-14H2,1H3/t19-,20-,21+/m0/s1. The van der Waals surface area contributed by atoms with Crippen molar-refractivity contribution in [2.45, 2.75) is 29.7 Å². The molecule has 3 atom stereocenters. The van der Waals surface area contributed by atoms with Gasteiger partial charge in [0, 0.05) is 13.1 Å². The van der Waals surface area contributed by atoms with E-state index in [0.29, 0.717) is 53.2 Å². The summed E-state index contributed by atoms with van der Waals surface area (Å²) in [6, 6.07) is 9.53. The van der Waals surface area contributed by atoms with E-state index < -0.39 is 34.9 Å². The zero-order valence-electron chi connectivity index (χ0n) is 21.4. The molecule has 2 saturated heterocycles. The fraction of sp³-hybridized carbons (Fsp3) is 0.370. The molecule has 0 radical (unpaired) electrons. The summed E-state index contributed by atoms with van der Waals surface area (Å²) in [7, 11) is 0. The van der Waals surface area contributed by atoms with Crippen LogP contribution in [-0.4, -0.2) is 71.3 Å². The first-order valence-corrected chi connectivity index (χ1v) is 14.5. The van der Waals surface area contributed by atoms with Gasteiger partial charge in [-0.15, -0.1) is 0 Å². The number of esters is 1. The predicted molar refractivity (Wildman–Crippen MR) is 145 cm³/mol. The fourth-order valence-electron chi connectivity index (χ4n) is 5.29. The van der Waals surface area contributed by atoms with Crippen molar-refractivity contribution in [1.29, 1.82) is 0 Å². The molecule has 5 heterocycles. The van der Waals surface area contributed by atoms with Crippen LogP contribution in [-0.2, 0) is 30.4 Å². The molecule has 0 N–H and O–H groups in total. The maximum Gasteiger partial charge on any atom is 0.338 e. The zero-order chi connectivity index (χ0) is 28.0. The number of rotatable bonds is 6. The van der Waals surface area contributed by atoms with E-state index in [1.54, 1.807) is 36.1 Å². The lowest BCUT2D eigenvalue weighted by molar-refractivity contribution is -0.136. The Bertz CT molecular complexity index is 1520. The third kappa shape index (κ3) is 4.47. The van der Waals surface area contributed by atoms with Gasteiger partial charge in [-0.25, -0.2) is 9.69 Å². The molecule has 208 valence electrons. The summed E-state index contributed by atoms with van der Waals surface area (Å²) < 4.78 is 17.5. The second kappa shape index (κ2) is 10.7. The highest BCUT2D eigenvalue weighted by atomic mass is 32.2. The van der Waals surface area contributed by atoms with Crippen LogP contribution >= 0.6 is 23.1 Å². The quantitative estimate of drug-likeness (QED) is 0.317. The zero-order valence-corrected chi connectivity index (χ0v) is 23.1. The largest absolute Gasteiger partial charge is 0.469 e. The summed E-state index contributed by atoms with van der Waals surface area (Å²) in [5, 5.41) is -0.335. The third-order valence-corrected chi connectivity index (χ3v) is 9.80. The highest BCUT2D eigenvalue weighted by molar-refractivity contribution is 8.00. The van der Waals surface area contributed by atoms with Crippen molar-refractivity contribution in [1.82, 2.24) is 9.47 Å². The highest BCUT2D eigenvalue weighted by Gasteiger charge is 2.57. The summed E-state index contributed by atoms with van der Waals surface area (Å²) in [4.78, 5) is 69.0. The molecule has 6 rings (SSSR count). The van der Waals surface area contributed by atoms with Gasteiger partial charge in [-0.3, -0.25) is 23.7 Å². The van der Waals surface area contributed by atoms with Crippen LogP contribution in [0.15, 0.2) is 56.9 Å². The lowest BCUT2D eigenvalue weighted by atomic mass is 9.87. The number of benzene rings is 1. The molecule has 0 saturated carbocycles. The fourth-order valence-corrected chi connectivity index (χ4v) is 8.05. The van der Waals surface area contributed by atoms with Gasteiger partial charge in [0.2, 0.25) is 17.7 Å². The molecular weight excluding hydrogens is 558 g/mol. The number of fused-ring (bicyclic) bond motifs is 2. The molecule has 0 bridgehead atoms. The number of morpholine rings is 1. The predicted octanol–water partition coefficient (Wildman–Crippen LogP) is 2.33. The van der Waals surface area contributed by atoms with Gasteiger partial charge in [0.05, 0.1) is 59.1 Å². The molecule has 0 aliphatic carbocycles. The van der Waals surface area contributed by atoms with E-state index >= 15 is 0 Å². The first kappa shape index (κ1) is 26.5. The molecule has 3 amide bonds. The van der Waals surface area contributed by atoms with Gasteiger partial charge in [-0.1, -0.05) is 23.1 Å². The van der Waals surface area contributed by atoms with Crippen molar-refractivity contribution >= 4 is 52.5 Å². The number of hydrogen-bond donors (Lipinski definition) is 0. The number of carbonyl (C=O) groups excluding carboxylic acids is 4. The number of anilines is 1.